The van der Waals surface area contributed by atoms with Gasteiger partial charge < -0.3 is 19.7 Å². The lowest BCUT2D eigenvalue weighted by atomic mass is 10.2. The highest BCUT2D eigenvalue weighted by atomic mass is 32.2. The molecule has 0 saturated carbocycles. The number of carbonyl (C=O) groups excluding carboxylic acids is 2. The van der Waals surface area contributed by atoms with Crippen molar-refractivity contribution < 1.29 is 14.1 Å². The Balaban J connectivity index is 1.39. The number of fused-ring (bicyclic) bond motifs is 1. The lowest BCUT2D eigenvalue weighted by molar-refractivity contribution is -0.118. The number of imidazole rings is 1. The summed E-state index contributed by atoms with van der Waals surface area (Å²) in [5.74, 6) is 1.99. The van der Waals surface area contributed by atoms with Gasteiger partial charge in [-0.1, -0.05) is 5.16 Å². The molecule has 8 nitrogen and oxygen atoms in total. The molecule has 0 saturated heterocycles. The Morgan fingerprint density at radius 1 is 1.42 bits per heavy atom. The maximum atomic E-state index is 12.1. The fourth-order valence-electron chi connectivity index (χ4n) is 2.73. The molecule has 1 unspecified atom stereocenters. The molecule has 1 aliphatic heterocycles. The second kappa shape index (κ2) is 8.39. The first kappa shape index (κ1) is 18.5. The largest absolute Gasteiger partial charge is 0.360 e. The van der Waals surface area contributed by atoms with Gasteiger partial charge in [0.1, 0.15) is 11.6 Å². The molecule has 3 heterocycles. The van der Waals surface area contributed by atoms with Crippen LogP contribution in [0.4, 0.5) is 5.82 Å². The topological polar surface area (TPSA) is 102 Å². The van der Waals surface area contributed by atoms with E-state index in [4.69, 9.17) is 4.52 Å². The second-order valence-electron chi connectivity index (χ2n) is 6.34. The van der Waals surface area contributed by atoms with E-state index in [1.807, 2.05) is 6.20 Å². The summed E-state index contributed by atoms with van der Waals surface area (Å²) < 4.78 is 7.07. The van der Waals surface area contributed by atoms with Crippen molar-refractivity contribution in [3.05, 3.63) is 29.5 Å². The molecule has 2 aromatic rings. The third kappa shape index (κ3) is 4.87. The number of amides is 2. The van der Waals surface area contributed by atoms with Gasteiger partial charge in [-0.2, -0.15) is 0 Å². The van der Waals surface area contributed by atoms with E-state index in [9.17, 15) is 9.59 Å². The number of hydrogen-bond acceptors (Lipinski definition) is 6. The maximum Gasteiger partial charge on any atom is 0.238 e. The van der Waals surface area contributed by atoms with Crippen molar-refractivity contribution in [2.24, 2.45) is 0 Å². The molecule has 2 amide bonds. The van der Waals surface area contributed by atoms with Gasteiger partial charge in [-0.05, 0) is 26.7 Å². The summed E-state index contributed by atoms with van der Waals surface area (Å²) in [4.78, 5) is 28.6. The minimum Gasteiger partial charge on any atom is -0.360 e. The predicted octanol–water partition coefficient (Wildman–Crippen LogP) is 1.89. The molecule has 26 heavy (non-hydrogen) atoms. The average Bonchev–Trinajstić information content (AvgIpc) is 3.23. The minimum absolute atomic E-state index is 0.113. The third-order valence-corrected chi connectivity index (χ3v) is 5.28. The van der Waals surface area contributed by atoms with Crippen molar-refractivity contribution in [2.45, 2.75) is 51.4 Å². The first-order chi connectivity index (χ1) is 12.5. The van der Waals surface area contributed by atoms with Crippen LogP contribution in [0.3, 0.4) is 0 Å². The van der Waals surface area contributed by atoms with Crippen LogP contribution >= 0.6 is 11.8 Å². The van der Waals surface area contributed by atoms with Crippen LogP contribution in [-0.2, 0) is 29.1 Å². The van der Waals surface area contributed by atoms with Crippen molar-refractivity contribution in [1.82, 2.24) is 20.0 Å². The number of thioether (sulfide) groups is 1. The van der Waals surface area contributed by atoms with E-state index in [2.05, 4.69) is 25.3 Å². The molecular formula is C17H23N5O3S. The summed E-state index contributed by atoms with van der Waals surface area (Å²) in [7, 11) is 0. The van der Waals surface area contributed by atoms with Gasteiger partial charge >= 0.3 is 0 Å². The van der Waals surface area contributed by atoms with Crippen LogP contribution in [0, 0.1) is 6.92 Å². The van der Waals surface area contributed by atoms with Crippen molar-refractivity contribution in [3.63, 3.8) is 0 Å². The highest BCUT2D eigenvalue weighted by molar-refractivity contribution is 8.01. The zero-order valence-corrected chi connectivity index (χ0v) is 15.8. The Morgan fingerprint density at radius 3 is 3.00 bits per heavy atom. The van der Waals surface area contributed by atoms with E-state index in [-0.39, 0.29) is 22.8 Å². The smallest absolute Gasteiger partial charge is 0.238 e. The summed E-state index contributed by atoms with van der Waals surface area (Å²) in [5.41, 5.74) is 0.882. The van der Waals surface area contributed by atoms with Gasteiger partial charge in [0.15, 0.2) is 5.82 Å². The van der Waals surface area contributed by atoms with Gasteiger partial charge in [-0.3, -0.25) is 9.59 Å². The number of rotatable bonds is 7. The van der Waals surface area contributed by atoms with Crippen LogP contribution in [0.1, 0.15) is 37.0 Å². The second-order valence-corrected chi connectivity index (χ2v) is 7.67. The highest BCUT2D eigenvalue weighted by Gasteiger charge is 2.17. The standard InChI is InChI=1S/C17H23N5O3S/c1-11-7-14(21-25-11)20-17(24)12(2)26-10-16(23)18-8-13-9-22-6-4-3-5-15(22)19-13/h7,9,12H,3-6,8,10H2,1-2H3,(H,18,23)(H,20,21,24). The monoisotopic (exact) mass is 377 g/mol. The lowest BCUT2D eigenvalue weighted by Crippen LogP contribution is -2.28. The zero-order valence-electron chi connectivity index (χ0n) is 14.9. The van der Waals surface area contributed by atoms with Gasteiger partial charge in [0.05, 0.1) is 23.2 Å². The van der Waals surface area contributed by atoms with E-state index in [0.29, 0.717) is 18.1 Å². The van der Waals surface area contributed by atoms with E-state index < -0.39 is 0 Å². The minimum atomic E-state index is -0.377. The molecule has 2 N–H and O–H groups in total. The van der Waals surface area contributed by atoms with Crippen LogP contribution in [0.25, 0.3) is 0 Å². The Hall–Kier alpha value is -2.29. The molecule has 0 fully saturated rings. The normalized spacial score (nSPS) is 14.5. The number of nitrogens with zero attached hydrogens (tertiary/aromatic N) is 3. The quantitative estimate of drug-likeness (QED) is 0.764. The zero-order chi connectivity index (χ0) is 18.5. The van der Waals surface area contributed by atoms with Gasteiger partial charge in [-0.25, -0.2) is 4.98 Å². The van der Waals surface area contributed by atoms with Crippen molar-refractivity contribution in [3.8, 4) is 0 Å². The fraction of sp³-hybridized carbons (Fsp3) is 0.529. The lowest BCUT2D eigenvalue weighted by Gasteiger charge is -2.11. The fourth-order valence-corrected chi connectivity index (χ4v) is 3.44. The molecule has 0 spiro atoms. The molecule has 1 atom stereocenters. The molecule has 2 aromatic heterocycles. The summed E-state index contributed by atoms with van der Waals surface area (Å²) in [6, 6.07) is 1.65. The molecular weight excluding hydrogens is 354 g/mol. The molecule has 0 aliphatic carbocycles. The van der Waals surface area contributed by atoms with E-state index in [1.165, 1.54) is 24.6 Å². The van der Waals surface area contributed by atoms with Crippen molar-refractivity contribution in [1.29, 1.82) is 0 Å². The molecule has 3 rings (SSSR count). The van der Waals surface area contributed by atoms with Crippen LogP contribution in [-0.4, -0.2) is 37.5 Å². The average molecular weight is 377 g/mol. The van der Waals surface area contributed by atoms with Crippen LogP contribution in [0.15, 0.2) is 16.8 Å². The van der Waals surface area contributed by atoms with E-state index in [0.717, 1.165) is 24.5 Å². The van der Waals surface area contributed by atoms with Crippen molar-refractivity contribution in [2.75, 3.05) is 11.1 Å². The van der Waals surface area contributed by atoms with Gasteiger partial charge in [0.25, 0.3) is 0 Å². The maximum absolute atomic E-state index is 12.1. The molecule has 1 aliphatic rings. The predicted molar refractivity (Wildman–Crippen MR) is 98.8 cm³/mol. The molecule has 0 radical (unpaired) electrons. The van der Waals surface area contributed by atoms with Crippen LogP contribution in [0.2, 0.25) is 0 Å². The summed E-state index contributed by atoms with van der Waals surface area (Å²) in [6.45, 7) is 4.92. The number of anilines is 1. The SMILES string of the molecule is Cc1cc(NC(=O)C(C)SCC(=O)NCc2cn3c(n2)CCCC3)no1. The summed E-state index contributed by atoms with van der Waals surface area (Å²) >= 11 is 1.27. The summed E-state index contributed by atoms with van der Waals surface area (Å²) in [6.07, 6.45) is 5.37. The first-order valence-corrected chi connectivity index (χ1v) is 9.73. The number of aromatic nitrogens is 3. The van der Waals surface area contributed by atoms with E-state index >= 15 is 0 Å². The Morgan fingerprint density at radius 2 is 2.27 bits per heavy atom. The van der Waals surface area contributed by atoms with Gasteiger partial charge in [-0.15, -0.1) is 11.8 Å². The Kier molecular flexibility index (Phi) is 5.97. The van der Waals surface area contributed by atoms with Gasteiger partial charge in [0, 0.05) is 25.2 Å². The van der Waals surface area contributed by atoms with Crippen molar-refractivity contribution >= 4 is 29.4 Å². The Labute approximate surface area is 156 Å². The Bertz CT molecular complexity index is 762. The third-order valence-electron chi connectivity index (χ3n) is 4.14. The number of carbonyl (C=O) groups is 2. The van der Waals surface area contributed by atoms with E-state index in [1.54, 1.807) is 19.9 Å². The highest BCUT2D eigenvalue weighted by Crippen LogP contribution is 2.15. The molecule has 0 bridgehead atoms. The molecule has 9 heteroatoms. The van der Waals surface area contributed by atoms with Crippen LogP contribution in [0.5, 0.6) is 0 Å². The van der Waals surface area contributed by atoms with Crippen LogP contribution < -0.4 is 10.6 Å². The first-order valence-electron chi connectivity index (χ1n) is 8.68. The molecule has 140 valence electrons. The summed E-state index contributed by atoms with van der Waals surface area (Å²) in [5, 5.41) is 8.87. The number of nitrogens with one attached hydrogen (secondary N) is 2. The number of aryl methyl sites for hydroxylation is 3. The molecule has 0 aromatic carbocycles. The van der Waals surface area contributed by atoms with Gasteiger partial charge in [0.2, 0.25) is 11.8 Å². The number of hydrogen-bond donors (Lipinski definition) is 2.